The Balaban J connectivity index is 2.12. The summed E-state index contributed by atoms with van der Waals surface area (Å²) < 4.78 is 5.99. The number of oxime groups is 1. The van der Waals surface area contributed by atoms with Gasteiger partial charge in [-0.15, -0.1) is 0 Å². The molecule has 2 unspecified atom stereocenters. The molecule has 1 aromatic rings. The molecule has 2 rings (SSSR count). The largest absolute Gasteiger partial charge is 0.489 e. The molecule has 19 heavy (non-hydrogen) atoms. The molecule has 4 nitrogen and oxygen atoms in total. The third-order valence-electron chi connectivity index (χ3n) is 3.65. The van der Waals surface area contributed by atoms with Gasteiger partial charge in [0, 0.05) is 5.56 Å². The summed E-state index contributed by atoms with van der Waals surface area (Å²) in [4.78, 5) is 0. The van der Waals surface area contributed by atoms with Crippen molar-refractivity contribution in [3.8, 4) is 5.75 Å². The molecular weight excluding hydrogens is 264 g/mol. The minimum absolute atomic E-state index is 0.0412. The van der Waals surface area contributed by atoms with Crippen LogP contribution < -0.4 is 10.5 Å². The minimum Gasteiger partial charge on any atom is -0.489 e. The number of hydrogen-bond donors (Lipinski definition) is 2. The number of hydrogen-bond acceptors (Lipinski definition) is 3. The number of nitrogens with two attached hydrogens (primary N) is 1. The van der Waals surface area contributed by atoms with E-state index < -0.39 is 0 Å². The molecule has 1 aliphatic carbocycles. The maximum atomic E-state index is 8.63. The maximum absolute atomic E-state index is 8.63. The molecular formula is C14H19ClN2O2. The normalized spacial score (nSPS) is 24.2. The Bertz CT molecular complexity index is 477. The van der Waals surface area contributed by atoms with Crippen LogP contribution in [0.15, 0.2) is 23.4 Å². The van der Waals surface area contributed by atoms with E-state index in [1.807, 2.05) is 0 Å². The lowest BCUT2D eigenvalue weighted by atomic mass is 9.88. The fraction of sp³-hybridized carbons (Fsp3) is 0.500. The van der Waals surface area contributed by atoms with E-state index in [-0.39, 0.29) is 11.9 Å². The van der Waals surface area contributed by atoms with E-state index >= 15 is 0 Å². The van der Waals surface area contributed by atoms with Crippen molar-refractivity contribution in [2.45, 2.75) is 38.7 Å². The molecule has 0 aliphatic heterocycles. The summed E-state index contributed by atoms with van der Waals surface area (Å²) in [6.07, 6.45) is 4.97. The fourth-order valence-electron chi connectivity index (χ4n) is 2.43. The Morgan fingerprint density at radius 2 is 2.16 bits per heavy atom. The Kier molecular flexibility index (Phi) is 4.53. The van der Waals surface area contributed by atoms with Gasteiger partial charge in [0.15, 0.2) is 5.84 Å². The molecule has 5 heteroatoms. The molecule has 1 aromatic carbocycles. The van der Waals surface area contributed by atoms with Gasteiger partial charge in [0.1, 0.15) is 11.9 Å². The average molecular weight is 283 g/mol. The lowest BCUT2D eigenvalue weighted by Gasteiger charge is -2.29. The lowest BCUT2D eigenvalue weighted by Crippen LogP contribution is -2.28. The van der Waals surface area contributed by atoms with Crippen LogP contribution in [0, 0.1) is 5.92 Å². The van der Waals surface area contributed by atoms with Crippen LogP contribution in [0.5, 0.6) is 5.75 Å². The van der Waals surface area contributed by atoms with E-state index in [9.17, 15) is 0 Å². The summed E-state index contributed by atoms with van der Waals surface area (Å²) in [5, 5.41) is 12.1. The molecule has 0 aromatic heterocycles. The van der Waals surface area contributed by atoms with Gasteiger partial charge in [-0.05, 0) is 43.4 Å². The van der Waals surface area contributed by atoms with E-state index in [2.05, 4.69) is 12.1 Å². The number of rotatable bonds is 3. The van der Waals surface area contributed by atoms with Crippen LogP contribution in [-0.2, 0) is 0 Å². The van der Waals surface area contributed by atoms with Gasteiger partial charge in [0.25, 0.3) is 0 Å². The summed E-state index contributed by atoms with van der Waals surface area (Å²) in [6, 6.07) is 5.17. The van der Waals surface area contributed by atoms with Gasteiger partial charge in [-0.1, -0.05) is 30.1 Å². The first-order chi connectivity index (χ1) is 9.11. The highest BCUT2D eigenvalue weighted by molar-refractivity contribution is 6.32. The highest BCUT2D eigenvalue weighted by atomic mass is 35.5. The van der Waals surface area contributed by atoms with Crippen molar-refractivity contribution in [1.82, 2.24) is 0 Å². The van der Waals surface area contributed by atoms with Crippen LogP contribution in [0.2, 0.25) is 5.02 Å². The molecule has 1 aliphatic rings. The van der Waals surface area contributed by atoms with E-state index in [0.29, 0.717) is 22.3 Å². The average Bonchev–Trinajstić information content (AvgIpc) is 2.42. The molecule has 1 saturated carbocycles. The van der Waals surface area contributed by atoms with Gasteiger partial charge in [0.05, 0.1) is 5.02 Å². The van der Waals surface area contributed by atoms with Crippen LogP contribution in [0.25, 0.3) is 0 Å². The van der Waals surface area contributed by atoms with Gasteiger partial charge in [-0.25, -0.2) is 0 Å². The smallest absolute Gasteiger partial charge is 0.170 e. The Morgan fingerprint density at radius 3 is 2.79 bits per heavy atom. The number of halogens is 1. The summed E-state index contributed by atoms with van der Waals surface area (Å²) in [5.41, 5.74) is 6.10. The Labute approximate surface area is 118 Å². The Hall–Kier alpha value is -1.42. The van der Waals surface area contributed by atoms with Gasteiger partial charge in [-0.2, -0.15) is 0 Å². The summed E-state index contributed by atoms with van der Waals surface area (Å²) in [5.74, 6) is 1.25. The van der Waals surface area contributed by atoms with Gasteiger partial charge in [-0.3, -0.25) is 0 Å². The number of nitrogens with zero attached hydrogens (tertiary/aromatic N) is 1. The third kappa shape index (κ3) is 3.32. The van der Waals surface area contributed by atoms with Crippen LogP contribution in [0.4, 0.5) is 0 Å². The van der Waals surface area contributed by atoms with Crippen molar-refractivity contribution >= 4 is 17.4 Å². The van der Waals surface area contributed by atoms with Gasteiger partial charge in [0.2, 0.25) is 0 Å². The van der Waals surface area contributed by atoms with Crippen LogP contribution in [0.1, 0.15) is 38.2 Å². The second-order valence-corrected chi connectivity index (χ2v) is 5.46. The van der Waals surface area contributed by atoms with Crippen molar-refractivity contribution in [2.24, 2.45) is 16.8 Å². The first-order valence-electron chi connectivity index (χ1n) is 6.56. The fourth-order valence-corrected chi connectivity index (χ4v) is 2.66. The quantitative estimate of drug-likeness (QED) is 0.386. The molecule has 0 radical (unpaired) electrons. The zero-order valence-electron chi connectivity index (χ0n) is 11.0. The van der Waals surface area contributed by atoms with Gasteiger partial charge < -0.3 is 15.7 Å². The molecule has 0 spiro atoms. The predicted molar refractivity (Wildman–Crippen MR) is 76.0 cm³/mol. The molecule has 1 fully saturated rings. The number of ether oxygens (including phenoxy) is 1. The van der Waals surface area contributed by atoms with E-state index in [1.165, 1.54) is 19.3 Å². The predicted octanol–water partition coefficient (Wildman–Crippen LogP) is 3.39. The molecule has 0 saturated heterocycles. The summed E-state index contributed by atoms with van der Waals surface area (Å²) in [7, 11) is 0. The van der Waals surface area contributed by atoms with E-state index in [0.717, 1.165) is 6.42 Å². The van der Waals surface area contributed by atoms with Crippen molar-refractivity contribution < 1.29 is 9.94 Å². The second-order valence-electron chi connectivity index (χ2n) is 5.05. The lowest BCUT2D eigenvalue weighted by molar-refractivity contribution is 0.103. The van der Waals surface area contributed by atoms with E-state index in [1.54, 1.807) is 18.2 Å². The van der Waals surface area contributed by atoms with Crippen molar-refractivity contribution in [3.05, 3.63) is 28.8 Å². The van der Waals surface area contributed by atoms with Crippen LogP contribution in [0.3, 0.4) is 0 Å². The standard InChI is InChI=1S/C14H19ClN2O2/c1-9-4-2-3-5-12(9)19-13-7-6-10(8-11(13)15)14(16)17-18/h6-9,12,18H,2-5H2,1H3,(H2,16,17). The highest BCUT2D eigenvalue weighted by Gasteiger charge is 2.23. The highest BCUT2D eigenvalue weighted by Crippen LogP contribution is 2.32. The first-order valence-corrected chi connectivity index (χ1v) is 6.93. The maximum Gasteiger partial charge on any atom is 0.170 e. The van der Waals surface area contributed by atoms with E-state index in [4.69, 9.17) is 27.3 Å². The number of amidine groups is 1. The third-order valence-corrected chi connectivity index (χ3v) is 3.94. The van der Waals surface area contributed by atoms with Crippen molar-refractivity contribution in [2.75, 3.05) is 0 Å². The SMILES string of the molecule is CC1CCCCC1Oc1ccc(C(N)=NO)cc1Cl. The first kappa shape index (κ1) is 14.0. The van der Waals surface area contributed by atoms with Crippen LogP contribution >= 0.6 is 11.6 Å². The monoisotopic (exact) mass is 282 g/mol. The van der Waals surface area contributed by atoms with Crippen molar-refractivity contribution in [3.63, 3.8) is 0 Å². The molecule has 104 valence electrons. The molecule has 0 amide bonds. The molecule has 2 atom stereocenters. The summed E-state index contributed by atoms with van der Waals surface area (Å²) >= 11 is 6.18. The van der Waals surface area contributed by atoms with Gasteiger partial charge >= 0.3 is 0 Å². The Morgan fingerprint density at radius 1 is 1.42 bits per heavy atom. The van der Waals surface area contributed by atoms with Crippen molar-refractivity contribution in [1.29, 1.82) is 0 Å². The molecule has 0 bridgehead atoms. The topological polar surface area (TPSA) is 67.8 Å². The number of benzene rings is 1. The minimum atomic E-state index is 0.0412. The summed E-state index contributed by atoms with van der Waals surface area (Å²) in [6.45, 7) is 2.21. The zero-order valence-corrected chi connectivity index (χ0v) is 11.7. The molecule has 0 heterocycles. The second kappa shape index (κ2) is 6.15. The molecule has 3 N–H and O–H groups in total. The zero-order chi connectivity index (χ0) is 13.8. The van der Waals surface area contributed by atoms with Crippen LogP contribution in [-0.4, -0.2) is 17.1 Å².